The van der Waals surface area contributed by atoms with Gasteiger partial charge in [0.1, 0.15) is 0 Å². The number of hydrogen-bond acceptors (Lipinski definition) is 4. The van der Waals surface area contributed by atoms with E-state index >= 15 is 0 Å². The maximum atomic E-state index is 13.0. The van der Waals surface area contributed by atoms with Gasteiger partial charge in [0, 0.05) is 23.9 Å². The Morgan fingerprint density at radius 3 is 2.65 bits per heavy atom. The summed E-state index contributed by atoms with van der Waals surface area (Å²) in [6.07, 6.45) is 1.99. The number of carbonyl (C=O) groups is 1. The van der Waals surface area contributed by atoms with Crippen LogP contribution in [-0.4, -0.2) is 34.6 Å². The Labute approximate surface area is 162 Å². The van der Waals surface area contributed by atoms with Crippen LogP contribution >= 0.6 is 23.1 Å². The van der Waals surface area contributed by atoms with Gasteiger partial charge in [-0.1, -0.05) is 31.2 Å². The van der Waals surface area contributed by atoms with Crippen LogP contribution in [0.1, 0.15) is 41.0 Å². The highest BCUT2D eigenvalue weighted by molar-refractivity contribution is 7.99. The van der Waals surface area contributed by atoms with E-state index in [-0.39, 0.29) is 5.91 Å². The zero-order valence-corrected chi connectivity index (χ0v) is 16.5. The largest absolute Gasteiger partial charge is 0.339 e. The first-order chi connectivity index (χ1) is 12.8. The third kappa shape index (κ3) is 3.51. The van der Waals surface area contributed by atoms with Gasteiger partial charge in [-0.15, -0.1) is 23.1 Å². The maximum Gasteiger partial charge on any atom is 0.254 e. The van der Waals surface area contributed by atoms with E-state index in [1.807, 2.05) is 29.2 Å². The molecule has 2 heterocycles. The molecule has 0 N–H and O–H groups in total. The molecule has 4 rings (SSSR count). The van der Waals surface area contributed by atoms with Crippen LogP contribution in [0, 0.1) is 0 Å². The van der Waals surface area contributed by atoms with Crippen molar-refractivity contribution in [2.75, 3.05) is 18.8 Å². The molecule has 5 heteroatoms. The monoisotopic (exact) mass is 382 g/mol. The molecule has 3 nitrogen and oxygen atoms in total. The normalized spacial score (nSPS) is 15.5. The lowest BCUT2D eigenvalue weighted by Gasteiger charge is -2.31. The Balaban J connectivity index is 1.45. The Kier molecular flexibility index (Phi) is 5.27. The van der Waals surface area contributed by atoms with Crippen LogP contribution in [0.25, 0.3) is 10.2 Å². The highest BCUT2D eigenvalue weighted by Crippen LogP contribution is 2.34. The molecular formula is C21H22N2OS2. The highest BCUT2D eigenvalue weighted by Gasteiger charge is 2.27. The van der Waals surface area contributed by atoms with Gasteiger partial charge in [0.15, 0.2) is 0 Å². The molecule has 1 saturated heterocycles. The molecule has 0 bridgehead atoms. The SMILES string of the molecule is CCSc1ccccc1C(=O)N1CCC(c2nc3ccccc3s2)CC1. The number of aromatic nitrogens is 1. The van der Waals surface area contributed by atoms with E-state index in [1.165, 1.54) is 9.71 Å². The molecule has 0 atom stereocenters. The van der Waals surface area contributed by atoms with Gasteiger partial charge in [-0.25, -0.2) is 4.98 Å². The van der Waals surface area contributed by atoms with E-state index in [9.17, 15) is 4.79 Å². The van der Waals surface area contributed by atoms with Crippen LogP contribution in [-0.2, 0) is 0 Å². The molecule has 134 valence electrons. The summed E-state index contributed by atoms with van der Waals surface area (Å²) in [5.74, 6) is 1.62. The number of carbonyl (C=O) groups excluding carboxylic acids is 1. The number of para-hydroxylation sites is 1. The third-order valence-corrected chi connectivity index (χ3v) is 7.01. The maximum absolute atomic E-state index is 13.0. The molecule has 0 spiro atoms. The predicted molar refractivity (Wildman–Crippen MR) is 110 cm³/mol. The van der Waals surface area contributed by atoms with E-state index in [2.05, 4.69) is 31.2 Å². The van der Waals surface area contributed by atoms with Crippen molar-refractivity contribution in [1.29, 1.82) is 0 Å². The second-order valence-electron chi connectivity index (χ2n) is 6.52. The van der Waals surface area contributed by atoms with Crippen molar-refractivity contribution in [2.45, 2.75) is 30.6 Å². The summed E-state index contributed by atoms with van der Waals surface area (Å²) in [6, 6.07) is 16.3. The molecule has 2 aromatic carbocycles. The molecule has 1 amide bonds. The summed E-state index contributed by atoms with van der Waals surface area (Å²) >= 11 is 3.54. The first kappa shape index (κ1) is 17.6. The van der Waals surface area contributed by atoms with E-state index in [4.69, 9.17) is 4.98 Å². The summed E-state index contributed by atoms with van der Waals surface area (Å²) < 4.78 is 1.26. The summed E-state index contributed by atoms with van der Waals surface area (Å²) in [7, 11) is 0. The lowest BCUT2D eigenvalue weighted by Crippen LogP contribution is -2.38. The van der Waals surface area contributed by atoms with Crippen LogP contribution in [0.4, 0.5) is 0 Å². The van der Waals surface area contributed by atoms with Gasteiger partial charge in [0.2, 0.25) is 0 Å². The van der Waals surface area contributed by atoms with E-state index in [1.54, 1.807) is 23.1 Å². The van der Waals surface area contributed by atoms with Gasteiger partial charge in [-0.05, 0) is 42.9 Å². The third-order valence-electron chi connectivity index (χ3n) is 4.86. The minimum atomic E-state index is 0.171. The lowest BCUT2D eigenvalue weighted by molar-refractivity contribution is 0.0709. The fraction of sp³-hybridized carbons (Fsp3) is 0.333. The van der Waals surface area contributed by atoms with Crippen LogP contribution in [0.5, 0.6) is 0 Å². The van der Waals surface area contributed by atoms with Crippen LogP contribution in [0.15, 0.2) is 53.4 Å². The number of amides is 1. The molecule has 1 aliphatic heterocycles. The van der Waals surface area contributed by atoms with Crippen molar-refractivity contribution in [1.82, 2.24) is 9.88 Å². The average Bonchev–Trinajstić information content (AvgIpc) is 3.12. The number of likely N-dealkylation sites (tertiary alicyclic amines) is 1. The Hall–Kier alpha value is -1.85. The topological polar surface area (TPSA) is 33.2 Å². The zero-order chi connectivity index (χ0) is 17.9. The zero-order valence-electron chi connectivity index (χ0n) is 14.9. The molecule has 0 radical (unpaired) electrons. The summed E-state index contributed by atoms with van der Waals surface area (Å²) in [5.41, 5.74) is 1.94. The number of benzene rings is 2. The molecule has 3 aromatic rings. The van der Waals surface area contributed by atoms with Crippen molar-refractivity contribution >= 4 is 39.2 Å². The number of thiazole rings is 1. The molecule has 0 aliphatic carbocycles. The second kappa shape index (κ2) is 7.80. The number of rotatable bonds is 4. The number of nitrogens with zero attached hydrogens (tertiary/aromatic N) is 2. The van der Waals surface area contributed by atoms with Crippen LogP contribution in [0.3, 0.4) is 0 Å². The first-order valence-electron chi connectivity index (χ1n) is 9.13. The Bertz CT molecular complexity index is 880. The van der Waals surface area contributed by atoms with Crippen molar-refractivity contribution in [3.63, 3.8) is 0 Å². The van der Waals surface area contributed by atoms with Gasteiger partial charge in [-0.2, -0.15) is 0 Å². The molecular weight excluding hydrogens is 360 g/mol. The van der Waals surface area contributed by atoms with E-state index < -0.39 is 0 Å². The van der Waals surface area contributed by atoms with Crippen molar-refractivity contribution < 1.29 is 4.79 Å². The second-order valence-corrected chi connectivity index (χ2v) is 8.88. The van der Waals surface area contributed by atoms with E-state index in [0.717, 1.165) is 47.7 Å². The minimum Gasteiger partial charge on any atom is -0.339 e. The number of thioether (sulfide) groups is 1. The highest BCUT2D eigenvalue weighted by atomic mass is 32.2. The Morgan fingerprint density at radius 2 is 1.88 bits per heavy atom. The van der Waals surface area contributed by atoms with Crippen molar-refractivity contribution in [3.8, 4) is 0 Å². The van der Waals surface area contributed by atoms with Crippen LogP contribution in [0.2, 0.25) is 0 Å². The molecule has 1 aliphatic rings. The fourth-order valence-electron chi connectivity index (χ4n) is 3.49. The van der Waals surface area contributed by atoms with E-state index in [0.29, 0.717) is 5.92 Å². The van der Waals surface area contributed by atoms with Crippen molar-refractivity contribution in [3.05, 3.63) is 59.1 Å². The van der Waals surface area contributed by atoms with Gasteiger partial charge >= 0.3 is 0 Å². The molecule has 26 heavy (non-hydrogen) atoms. The summed E-state index contributed by atoms with van der Waals surface area (Å²) in [4.78, 5) is 20.9. The first-order valence-corrected chi connectivity index (χ1v) is 10.9. The number of fused-ring (bicyclic) bond motifs is 1. The Morgan fingerprint density at radius 1 is 1.15 bits per heavy atom. The minimum absolute atomic E-state index is 0.171. The fourth-order valence-corrected chi connectivity index (χ4v) is 5.42. The standard InChI is InChI=1S/C21H22N2OS2/c1-2-25-18-9-5-3-7-16(18)21(24)23-13-11-15(12-14-23)20-22-17-8-4-6-10-19(17)26-20/h3-10,15H,2,11-14H2,1H3. The van der Waals surface area contributed by atoms with Crippen molar-refractivity contribution in [2.24, 2.45) is 0 Å². The number of hydrogen-bond donors (Lipinski definition) is 0. The van der Waals surface area contributed by atoms with Crippen LogP contribution < -0.4 is 0 Å². The summed E-state index contributed by atoms with van der Waals surface area (Å²) in [6.45, 7) is 3.74. The molecule has 0 saturated carbocycles. The number of piperidine rings is 1. The van der Waals surface area contributed by atoms with Gasteiger partial charge < -0.3 is 4.90 Å². The average molecular weight is 383 g/mol. The smallest absolute Gasteiger partial charge is 0.254 e. The van der Waals surface area contributed by atoms with Gasteiger partial charge in [0.25, 0.3) is 5.91 Å². The molecule has 1 aromatic heterocycles. The predicted octanol–water partition coefficient (Wildman–Crippen LogP) is 5.43. The van der Waals surface area contributed by atoms with Gasteiger partial charge in [-0.3, -0.25) is 4.79 Å². The van der Waals surface area contributed by atoms with Gasteiger partial charge in [0.05, 0.1) is 20.8 Å². The summed E-state index contributed by atoms with van der Waals surface area (Å²) in [5, 5.41) is 1.22. The lowest BCUT2D eigenvalue weighted by atomic mass is 9.97. The quantitative estimate of drug-likeness (QED) is 0.564. The molecule has 1 fully saturated rings. The molecule has 0 unspecified atom stereocenters.